The van der Waals surface area contributed by atoms with Crippen molar-refractivity contribution in [1.29, 1.82) is 0 Å². The van der Waals surface area contributed by atoms with E-state index in [0.29, 0.717) is 10.5 Å². The summed E-state index contributed by atoms with van der Waals surface area (Å²) >= 11 is 1.41. The second-order valence-corrected chi connectivity index (χ2v) is 6.22. The first-order chi connectivity index (χ1) is 11.1. The molecule has 23 heavy (non-hydrogen) atoms. The van der Waals surface area contributed by atoms with E-state index in [1.165, 1.54) is 31.5 Å². The van der Waals surface area contributed by atoms with Gasteiger partial charge in [-0.3, -0.25) is 9.59 Å². The monoisotopic (exact) mass is 332 g/mol. The molecule has 0 aliphatic heterocycles. The van der Waals surface area contributed by atoms with Gasteiger partial charge in [-0.05, 0) is 31.1 Å². The number of thioether (sulfide) groups is 1. The molecule has 0 heterocycles. The fraction of sp³-hybridized carbons (Fsp3) is 0.333. The van der Waals surface area contributed by atoms with Gasteiger partial charge in [-0.1, -0.05) is 30.3 Å². The van der Waals surface area contributed by atoms with Crippen LogP contribution >= 0.6 is 11.8 Å². The SMILES string of the molecule is COC1=C(OC)C(=O)C(SCCCc2ccccc2)=C(C)C1=O. The average Bonchev–Trinajstić information content (AvgIpc) is 2.58. The Labute approximate surface area is 140 Å². The lowest BCUT2D eigenvalue weighted by atomic mass is 10.0. The molecule has 1 aliphatic rings. The van der Waals surface area contributed by atoms with Crippen LogP contribution in [0, 0.1) is 0 Å². The Kier molecular flexibility index (Phi) is 6.04. The summed E-state index contributed by atoms with van der Waals surface area (Å²) in [4.78, 5) is 25.2. The van der Waals surface area contributed by atoms with Gasteiger partial charge in [0.1, 0.15) is 0 Å². The van der Waals surface area contributed by atoms with Crippen molar-refractivity contribution in [3.8, 4) is 0 Å². The van der Waals surface area contributed by atoms with Crippen LogP contribution in [0.25, 0.3) is 0 Å². The minimum atomic E-state index is -0.283. The zero-order chi connectivity index (χ0) is 16.8. The van der Waals surface area contributed by atoms with Crippen molar-refractivity contribution in [2.45, 2.75) is 19.8 Å². The van der Waals surface area contributed by atoms with Crippen LogP contribution in [0.15, 0.2) is 52.3 Å². The maximum absolute atomic E-state index is 12.5. The second-order valence-electron chi connectivity index (χ2n) is 5.12. The van der Waals surface area contributed by atoms with Crippen molar-refractivity contribution in [2.75, 3.05) is 20.0 Å². The van der Waals surface area contributed by atoms with E-state index in [9.17, 15) is 9.59 Å². The number of allylic oxidation sites excluding steroid dienone is 2. The average molecular weight is 332 g/mol. The van der Waals surface area contributed by atoms with Gasteiger partial charge in [0.05, 0.1) is 19.1 Å². The van der Waals surface area contributed by atoms with Crippen LogP contribution in [0.3, 0.4) is 0 Å². The van der Waals surface area contributed by atoms with Gasteiger partial charge in [0.15, 0.2) is 0 Å². The minimum Gasteiger partial charge on any atom is -0.489 e. The Hall–Kier alpha value is -2.01. The van der Waals surface area contributed by atoms with Gasteiger partial charge in [-0.2, -0.15) is 0 Å². The van der Waals surface area contributed by atoms with Crippen molar-refractivity contribution >= 4 is 23.3 Å². The topological polar surface area (TPSA) is 52.6 Å². The van der Waals surface area contributed by atoms with E-state index >= 15 is 0 Å². The molecule has 2 rings (SSSR count). The van der Waals surface area contributed by atoms with Crippen LogP contribution in [0.2, 0.25) is 0 Å². The number of methoxy groups -OCH3 is 2. The largest absolute Gasteiger partial charge is 0.489 e. The number of rotatable bonds is 7. The molecule has 0 fully saturated rings. The number of Topliss-reactive ketones (excluding diaryl/α,β-unsaturated/α-hetero) is 2. The third kappa shape index (κ3) is 3.85. The molecule has 0 saturated heterocycles. The molecule has 0 unspecified atom stereocenters. The number of hydrogen-bond acceptors (Lipinski definition) is 5. The standard InChI is InChI=1S/C18H20O4S/c1-12-14(19)16(21-2)17(22-3)15(20)18(12)23-11-7-10-13-8-5-4-6-9-13/h4-6,8-9H,7,10-11H2,1-3H3. The van der Waals surface area contributed by atoms with Crippen molar-refractivity contribution < 1.29 is 19.1 Å². The summed E-state index contributed by atoms with van der Waals surface area (Å²) in [6.45, 7) is 1.66. The molecule has 0 saturated carbocycles. The summed E-state index contributed by atoms with van der Waals surface area (Å²) in [5.41, 5.74) is 1.70. The molecule has 0 atom stereocenters. The van der Waals surface area contributed by atoms with E-state index in [1.54, 1.807) is 6.92 Å². The summed E-state index contributed by atoms with van der Waals surface area (Å²) in [5.74, 6) is 0.192. The van der Waals surface area contributed by atoms with Gasteiger partial charge in [-0.25, -0.2) is 0 Å². The number of ether oxygens (including phenoxy) is 2. The highest BCUT2D eigenvalue weighted by molar-refractivity contribution is 8.04. The third-order valence-electron chi connectivity index (χ3n) is 3.61. The van der Waals surface area contributed by atoms with E-state index in [0.717, 1.165) is 18.6 Å². The van der Waals surface area contributed by atoms with Crippen molar-refractivity contribution in [3.05, 3.63) is 57.9 Å². The van der Waals surface area contributed by atoms with Gasteiger partial charge >= 0.3 is 0 Å². The molecule has 0 radical (unpaired) electrons. The molecular weight excluding hydrogens is 312 g/mol. The maximum Gasteiger partial charge on any atom is 0.238 e. The van der Waals surface area contributed by atoms with Gasteiger partial charge in [0, 0.05) is 5.57 Å². The molecular formula is C18H20O4S. The smallest absolute Gasteiger partial charge is 0.238 e. The summed E-state index contributed by atoms with van der Waals surface area (Å²) in [6.07, 6.45) is 1.87. The molecule has 0 bridgehead atoms. The number of aryl methyl sites for hydroxylation is 1. The van der Waals surface area contributed by atoms with E-state index in [4.69, 9.17) is 9.47 Å². The lowest BCUT2D eigenvalue weighted by molar-refractivity contribution is -0.120. The first-order valence-corrected chi connectivity index (χ1v) is 8.38. The first-order valence-electron chi connectivity index (χ1n) is 7.39. The molecule has 0 amide bonds. The Morgan fingerprint density at radius 3 is 2.17 bits per heavy atom. The van der Waals surface area contributed by atoms with Crippen LogP contribution in [0.5, 0.6) is 0 Å². The highest BCUT2D eigenvalue weighted by Gasteiger charge is 2.34. The summed E-state index contributed by atoms with van der Waals surface area (Å²) in [5, 5.41) is 0. The van der Waals surface area contributed by atoms with Crippen LogP contribution in [0.4, 0.5) is 0 Å². The number of carbonyl (C=O) groups excluding carboxylic acids is 2. The molecule has 0 N–H and O–H groups in total. The highest BCUT2D eigenvalue weighted by Crippen LogP contribution is 2.32. The Morgan fingerprint density at radius 2 is 1.57 bits per heavy atom. The number of benzene rings is 1. The first kappa shape index (κ1) is 17.3. The highest BCUT2D eigenvalue weighted by atomic mass is 32.2. The number of hydrogen-bond donors (Lipinski definition) is 0. The lowest BCUT2D eigenvalue weighted by Gasteiger charge is -2.19. The van der Waals surface area contributed by atoms with Crippen molar-refractivity contribution in [1.82, 2.24) is 0 Å². The van der Waals surface area contributed by atoms with Gasteiger partial charge in [0.25, 0.3) is 0 Å². The molecule has 5 heteroatoms. The normalized spacial score (nSPS) is 15.3. The Balaban J connectivity index is 2.00. The van der Waals surface area contributed by atoms with E-state index in [-0.39, 0.29) is 23.1 Å². The zero-order valence-electron chi connectivity index (χ0n) is 13.5. The van der Waals surface area contributed by atoms with Crippen LogP contribution < -0.4 is 0 Å². The summed E-state index contributed by atoms with van der Waals surface area (Å²) in [6, 6.07) is 10.2. The molecule has 4 nitrogen and oxygen atoms in total. The van der Waals surface area contributed by atoms with Gasteiger partial charge < -0.3 is 9.47 Å². The van der Waals surface area contributed by atoms with E-state index < -0.39 is 0 Å². The summed E-state index contributed by atoms with van der Waals surface area (Å²) in [7, 11) is 2.74. The Bertz CT molecular complexity index is 659. The maximum atomic E-state index is 12.5. The molecule has 1 aromatic carbocycles. The van der Waals surface area contributed by atoms with E-state index in [2.05, 4.69) is 12.1 Å². The Morgan fingerprint density at radius 1 is 0.957 bits per heavy atom. The molecule has 0 aromatic heterocycles. The minimum absolute atomic E-state index is 0.00587. The number of ketones is 2. The van der Waals surface area contributed by atoms with Crippen LogP contribution in [-0.4, -0.2) is 31.5 Å². The molecule has 1 aliphatic carbocycles. The van der Waals surface area contributed by atoms with Gasteiger partial charge in [0.2, 0.25) is 23.1 Å². The van der Waals surface area contributed by atoms with E-state index in [1.807, 2.05) is 18.2 Å². The predicted octanol–water partition coefficient (Wildman–Crippen LogP) is 3.28. The second kappa shape index (κ2) is 8.02. The molecule has 122 valence electrons. The van der Waals surface area contributed by atoms with Crippen LogP contribution in [0.1, 0.15) is 18.9 Å². The lowest BCUT2D eigenvalue weighted by Crippen LogP contribution is -2.24. The van der Waals surface area contributed by atoms with Gasteiger partial charge in [-0.15, -0.1) is 11.8 Å². The zero-order valence-corrected chi connectivity index (χ0v) is 14.4. The summed E-state index contributed by atoms with van der Waals surface area (Å²) < 4.78 is 10.1. The molecule has 1 aromatic rings. The van der Waals surface area contributed by atoms with Crippen molar-refractivity contribution in [3.63, 3.8) is 0 Å². The third-order valence-corrected chi connectivity index (χ3v) is 4.89. The fourth-order valence-electron chi connectivity index (χ4n) is 2.39. The quantitative estimate of drug-likeness (QED) is 0.566. The van der Waals surface area contributed by atoms with Crippen LogP contribution in [-0.2, 0) is 25.5 Å². The van der Waals surface area contributed by atoms with Crippen molar-refractivity contribution in [2.24, 2.45) is 0 Å². The number of carbonyl (C=O) groups is 2. The predicted molar refractivity (Wildman–Crippen MR) is 91.0 cm³/mol. The fourth-order valence-corrected chi connectivity index (χ4v) is 3.42. The molecule has 0 spiro atoms.